The van der Waals surface area contributed by atoms with Crippen LogP contribution in [0.5, 0.6) is 0 Å². The predicted molar refractivity (Wildman–Crippen MR) is 62.7 cm³/mol. The molecule has 80 valence electrons. The number of rotatable bonds is 0. The molecule has 0 bridgehead atoms. The normalized spacial score (nSPS) is 11.4. The minimum absolute atomic E-state index is 0.00292. The molecule has 0 unspecified atom stereocenters. The molecule has 3 rings (SSSR count). The highest BCUT2D eigenvalue weighted by atomic mass is 16.1. The summed E-state index contributed by atoms with van der Waals surface area (Å²) in [6, 6.07) is 7.52. The summed E-state index contributed by atoms with van der Waals surface area (Å²) in [6.45, 7) is 1.94. The zero-order valence-corrected chi connectivity index (χ0v) is 9.14. The first-order valence-electron chi connectivity index (χ1n) is 5.12. The number of nitrogens with zero attached hydrogens (tertiary/aromatic N) is 3. The lowest BCUT2D eigenvalue weighted by Crippen LogP contribution is -2.19. The van der Waals surface area contributed by atoms with Gasteiger partial charge in [-0.2, -0.15) is 0 Å². The summed E-state index contributed by atoms with van der Waals surface area (Å²) in [6.07, 6.45) is 1.87. The lowest BCUT2D eigenvalue weighted by Gasteiger charge is -2.07. The van der Waals surface area contributed by atoms with Gasteiger partial charge in [0.25, 0.3) is 5.56 Å². The third-order valence-corrected chi connectivity index (χ3v) is 2.86. The monoisotopic (exact) mass is 213 g/mol. The SMILES string of the molecule is Cc1ccc2c(n1)n1cccc1c(=O)n2C. The van der Waals surface area contributed by atoms with Gasteiger partial charge in [-0.1, -0.05) is 0 Å². The van der Waals surface area contributed by atoms with E-state index in [2.05, 4.69) is 4.98 Å². The van der Waals surface area contributed by atoms with Crippen LogP contribution in [0.4, 0.5) is 0 Å². The minimum atomic E-state index is 0.00292. The standard InChI is InChI=1S/C12H11N3O/c1-8-5-6-9-11(13-8)15-7-3-4-10(15)12(16)14(9)2/h3-7H,1-2H3. The number of hydrogen-bond acceptors (Lipinski definition) is 2. The Balaban J connectivity index is 2.72. The van der Waals surface area contributed by atoms with Gasteiger partial charge in [0.15, 0.2) is 5.65 Å². The summed E-state index contributed by atoms with van der Waals surface area (Å²) in [7, 11) is 1.77. The Morgan fingerprint density at radius 2 is 2.00 bits per heavy atom. The van der Waals surface area contributed by atoms with Crippen LogP contribution in [0.2, 0.25) is 0 Å². The van der Waals surface area contributed by atoms with E-state index in [0.717, 1.165) is 16.9 Å². The molecule has 4 nitrogen and oxygen atoms in total. The number of pyridine rings is 1. The van der Waals surface area contributed by atoms with Crippen LogP contribution in [-0.2, 0) is 7.05 Å². The van der Waals surface area contributed by atoms with Crippen LogP contribution in [0.1, 0.15) is 5.69 Å². The molecule has 0 fully saturated rings. The van der Waals surface area contributed by atoms with Crippen molar-refractivity contribution < 1.29 is 0 Å². The maximum absolute atomic E-state index is 12.0. The lowest BCUT2D eigenvalue weighted by molar-refractivity contribution is 0.892. The van der Waals surface area contributed by atoms with E-state index in [-0.39, 0.29) is 5.56 Å². The highest BCUT2D eigenvalue weighted by molar-refractivity contribution is 5.75. The van der Waals surface area contributed by atoms with Gasteiger partial charge < -0.3 is 4.57 Å². The fourth-order valence-electron chi connectivity index (χ4n) is 2.00. The molecule has 0 aliphatic carbocycles. The fourth-order valence-corrected chi connectivity index (χ4v) is 2.00. The van der Waals surface area contributed by atoms with Gasteiger partial charge in [0.2, 0.25) is 0 Å². The predicted octanol–water partition coefficient (Wildman–Crippen LogP) is 1.49. The first kappa shape index (κ1) is 9.15. The third-order valence-electron chi connectivity index (χ3n) is 2.86. The van der Waals surface area contributed by atoms with Crippen LogP contribution < -0.4 is 5.56 Å². The van der Waals surface area contributed by atoms with Crippen molar-refractivity contribution in [3.63, 3.8) is 0 Å². The third kappa shape index (κ3) is 1.04. The first-order valence-corrected chi connectivity index (χ1v) is 5.12. The van der Waals surface area contributed by atoms with Crippen molar-refractivity contribution >= 4 is 16.7 Å². The zero-order chi connectivity index (χ0) is 11.3. The molecule has 3 aromatic rings. The average Bonchev–Trinajstić information content (AvgIpc) is 2.75. The second-order valence-corrected chi connectivity index (χ2v) is 3.92. The summed E-state index contributed by atoms with van der Waals surface area (Å²) >= 11 is 0. The van der Waals surface area contributed by atoms with Crippen molar-refractivity contribution in [3.05, 3.63) is 46.5 Å². The zero-order valence-electron chi connectivity index (χ0n) is 9.14. The van der Waals surface area contributed by atoms with Gasteiger partial charge in [-0.25, -0.2) is 4.98 Å². The van der Waals surface area contributed by atoms with Crippen molar-refractivity contribution in [3.8, 4) is 0 Å². The van der Waals surface area contributed by atoms with E-state index in [1.54, 1.807) is 11.6 Å². The minimum Gasteiger partial charge on any atom is -0.307 e. The molecule has 0 amide bonds. The van der Waals surface area contributed by atoms with E-state index in [0.29, 0.717) is 5.52 Å². The Morgan fingerprint density at radius 3 is 2.81 bits per heavy atom. The molecule has 16 heavy (non-hydrogen) atoms. The molecule has 4 heteroatoms. The molecule has 0 aromatic carbocycles. The molecule has 3 heterocycles. The van der Waals surface area contributed by atoms with Crippen LogP contribution in [0.3, 0.4) is 0 Å². The summed E-state index contributed by atoms with van der Waals surface area (Å²) < 4.78 is 3.47. The molecule has 0 saturated heterocycles. The Labute approximate surface area is 91.8 Å². The molecule has 3 aromatic heterocycles. The van der Waals surface area contributed by atoms with Crippen molar-refractivity contribution in [2.24, 2.45) is 7.05 Å². The Bertz CT molecular complexity index is 752. The summed E-state index contributed by atoms with van der Waals surface area (Å²) in [5, 5.41) is 0. The van der Waals surface area contributed by atoms with Crippen LogP contribution >= 0.6 is 0 Å². The second kappa shape index (κ2) is 2.95. The highest BCUT2D eigenvalue weighted by Gasteiger charge is 2.08. The smallest absolute Gasteiger partial charge is 0.275 e. The van der Waals surface area contributed by atoms with Crippen molar-refractivity contribution in [2.45, 2.75) is 6.92 Å². The second-order valence-electron chi connectivity index (χ2n) is 3.92. The summed E-state index contributed by atoms with van der Waals surface area (Å²) in [4.78, 5) is 16.5. The molecule has 0 atom stereocenters. The molecular weight excluding hydrogens is 202 g/mol. The largest absolute Gasteiger partial charge is 0.307 e. The molecule has 0 saturated carbocycles. The van der Waals surface area contributed by atoms with Gasteiger partial charge >= 0.3 is 0 Å². The number of aryl methyl sites for hydroxylation is 2. The molecule has 0 aliphatic heterocycles. The van der Waals surface area contributed by atoms with Gasteiger partial charge in [-0.05, 0) is 31.2 Å². The lowest BCUT2D eigenvalue weighted by atomic mass is 10.3. The highest BCUT2D eigenvalue weighted by Crippen LogP contribution is 2.12. The maximum Gasteiger partial charge on any atom is 0.275 e. The van der Waals surface area contributed by atoms with E-state index in [9.17, 15) is 4.79 Å². The van der Waals surface area contributed by atoms with E-state index < -0.39 is 0 Å². The van der Waals surface area contributed by atoms with Crippen molar-refractivity contribution in [1.29, 1.82) is 0 Å². The van der Waals surface area contributed by atoms with Crippen LogP contribution in [0.25, 0.3) is 16.7 Å². The van der Waals surface area contributed by atoms with E-state index in [4.69, 9.17) is 0 Å². The molecular formula is C12H11N3O. The van der Waals surface area contributed by atoms with Gasteiger partial charge in [0.1, 0.15) is 5.52 Å². The molecule has 0 N–H and O–H groups in total. The van der Waals surface area contributed by atoms with E-state index in [1.165, 1.54) is 0 Å². The summed E-state index contributed by atoms with van der Waals surface area (Å²) in [5.41, 5.74) is 3.28. The van der Waals surface area contributed by atoms with Crippen LogP contribution in [0.15, 0.2) is 35.3 Å². The average molecular weight is 213 g/mol. The van der Waals surface area contributed by atoms with Gasteiger partial charge in [0.05, 0.1) is 5.52 Å². The van der Waals surface area contributed by atoms with Gasteiger partial charge in [-0.3, -0.25) is 9.20 Å². The molecule has 0 radical (unpaired) electrons. The Morgan fingerprint density at radius 1 is 1.19 bits per heavy atom. The fraction of sp³-hybridized carbons (Fsp3) is 0.167. The van der Waals surface area contributed by atoms with Crippen LogP contribution in [0, 0.1) is 6.92 Å². The number of fused-ring (bicyclic) bond motifs is 3. The van der Waals surface area contributed by atoms with Gasteiger partial charge in [-0.15, -0.1) is 0 Å². The quantitative estimate of drug-likeness (QED) is 0.567. The van der Waals surface area contributed by atoms with Crippen LogP contribution in [-0.4, -0.2) is 14.0 Å². The van der Waals surface area contributed by atoms with Crippen molar-refractivity contribution in [1.82, 2.24) is 14.0 Å². The van der Waals surface area contributed by atoms with E-state index in [1.807, 2.05) is 41.8 Å². The Kier molecular flexibility index (Phi) is 1.68. The molecule has 0 spiro atoms. The number of hydrogen-bond donors (Lipinski definition) is 0. The van der Waals surface area contributed by atoms with E-state index >= 15 is 0 Å². The maximum atomic E-state index is 12.0. The summed E-state index contributed by atoms with van der Waals surface area (Å²) in [5.74, 6) is 0. The topological polar surface area (TPSA) is 39.3 Å². The Hall–Kier alpha value is -2.10. The number of aromatic nitrogens is 3. The van der Waals surface area contributed by atoms with Gasteiger partial charge in [0, 0.05) is 18.9 Å². The van der Waals surface area contributed by atoms with Crippen molar-refractivity contribution in [2.75, 3.05) is 0 Å². The first-order chi connectivity index (χ1) is 7.68. The molecule has 0 aliphatic rings.